The Morgan fingerprint density at radius 3 is 2.28 bits per heavy atom. The van der Waals surface area contributed by atoms with Crippen LogP contribution in [-0.4, -0.2) is 18.1 Å². The summed E-state index contributed by atoms with van der Waals surface area (Å²) in [5.41, 5.74) is 7.29. The van der Waals surface area contributed by atoms with Crippen LogP contribution < -0.4 is 11.1 Å². The Bertz CT molecular complexity index is 364. The Kier molecular flexibility index (Phi) is 7.59. The summed E-state index contributed by atoms with van der Waals surface area (Å²) in [5, 5.41) is 2.73. The molecule has 0 saturated heterocycles. The van der Waals surface area contributed by atoms with E-state index in [-0.39, 0.29) is 24.4 Å². The zero-order valence-electron chi connectivity index (χ0n) is 11.0. The zero-order chi connectivity index (χ0) is 12.8. The smallest absolute Gasteiger partial charge is 0.240 e. The summed E-state index contributed by atoms with van der Waals surface area (Å²) in [6, 6.07) is 7.05. The molecule has 1 aromatic carbocycles. The average molecular weight is 273 g/mol. The number of anilines is 1. The quantitative estimate of drug-likeness (QED) is 0.865. The first-order valence-corrected chi connectivity index (χ1v) is 5.76. The summed E-state index contributed by atoms with van der Waals surface area (Å²) >= 11 is 0. The van der Waals surface area contributed by atoms with E-state index in [0.717, 1.165) is 11.3 Å². The average Bonchev–Trinajstić information content (AvgIpc) is 2.28. The van der Waals surface area contributed by atoms with Crippen molar-refractivity contribution in [2.24, 2.45) is 5.73 Å². The van der Waals surface area contributed by atoms with Crippen molar-refractivity contribution in [2.75, 3.05) is 5.32 Å². The number of hydrogen-bond donors (Lipinski definition) is 2. The van der Waals surface area contributed by atoms with Gasteiger partial charge >= 0.3 is 0 Å². The van der Waals surface area contributed by atoms with Gasteiger partial charge in [-0.1, -0.05) is 12.1 Å². The highest BCUT2D eigenvalue weighted by Crippen LogP contribution is 2.11. The van der Waals surface area contributed by atoms with Gasteiger partial charge in [-0.2, -0.15) is 0 Å². The second-order valence-corrected chi connectivity index (χ2v) is 4.33. The predicted octanol–water partition coefficient (Wildman–Crippen LogP) is 2.32. The van der Waals surface area contributed by atoms with E-state index in [4.69, 9.17) is 10.5 Å². The van der Waals surface area contributed by atoms with Gasteiger partial charge in [0.25, 0.3) is 0 Å². The summed E-state index contributed by atoms with van der Waals surface area (Å²) < 4.78 is 5.48. The molecule has 102 valence electrons. The minimum Gasteiger partial charge on any atom is -0.374 e. The largest absolute Gasteiger partial charge is 0.374 e. The normalized spacial score (nSPS) is 11.8. The van der Waals surface area contributed by atoms with E-state index in [1.165, 1.54) is 0 Å². The molecule has 18 heavy (non-hydrogen) atoms. The van der Waals surface area contributed by atoms with E-state index in [2.05, 4.69) is 5.32 Å². The molecule has 3 N–H and O–H groups in total. The van der Waals surface area contributed by atoms with E-state index in [0.29, 0.717) is 6.61 Å². The molecule has 0 saturated carbocycles. The topological polar surface area (TPSA) is 64.3 Å². The Hall–Kier alpha value is -1.10. The van der Waals surface area contributed by atoms with Crippen molar-refractivity contribution in [1.29, 1.82) is 0 Å². The Morgan fingerprint density at radius 1 is 1.28 bits per heavy atom. The summed E-state index contributed by atoms with van der Waals surface area (Å²) in [6.07, 6.45) is 0.215. The fourth-order valence-electron chi connectivity index (χ4n) is 1.20. The minimum absolute atomic E-state index is 0. The van der Waals surface area contributed by atoms with Crippen LogP contribution in [0.1, 0.15) is 26.3 Å². The maximum absolute atomic E-state index is 11.4. The lowest BCUT2D eigenvalue weighted by Gasteiger charge is -2.10. The van der Waals surface area contributed by atoms with Gasteiger partial charge in [0.05, 0.1) is 18.8 Å². The Balaban J connectivity index is 0.00000289. The number of halogens is 1. The van der Waals surface area contributed by atoms with Gasteiger partial charge in [-0.3, -0.25) is 4.79 Å². The lowest BCUT2D eigenvalue weighted by atomic mass is 10.2. The molecule has 0 radical (unpaired) electrons. The second kappa shape index (κ2) is 8.08. The molecule has 0 unspecified atom stereocenters. The van der Waals surface area contributed by atoms with Crippen LogP contribution in [0.4, 0.5) is 5.69 Å². The van der Waals surface area contributed by atoms with Crippen LogP contribution in [-0.2, 0) is 16.1 Å². The van der Waals surface area contributed by atoms with Crippen molar-refractivity contribution in [3.05, 3.63) is 29.8 Å². The third kappa shape index (κ3) is 6.00. The maximum Gasteiger partial charge on any atom is 0.240 e. The third-order valence-electron chi connectivity index (χ3n) is 2.22. The summed E-state index contributed by atoms with van der Waals surface area (Å²) in [4.78, 5) is 11.4. The molecular formula is C13H21ClN2O2. The van der Waals surface area contributed by atoms with Crippen LogP contribution in [0.25, 0.3) is 0 Å². The Labute approximate surface area is 114 Å². The molecule has 1 atom stereocenters. The monoisotopic (exact) mass is 272 g/mol. The number of rotatable bonds is 5. The van der Waals surface area contributed by atoms with E-state index in [1.54, 1.807) is 6.92 Å². The number of benzene rings is 1. The first kappa shape index (κ1) is 16.9. The lowest BCUT2D eigenvalue weighted by molar-refractivity contribution is -0.117. The van der Waals surface area contributed by atoms with Gasteiger partial charge in [0, 0.05) is 5.69 Å². The zero-order valence-corrected chi connectivity index (χ0v) is 11.8. The molecule has 1 rings (SSSR count). The van der Waals surface area contributed by atoms with E-state index in [9.17, 15) is 4.79 Å². The number of hydrogen-bond acceptors (Lipinski definition) is 3. The number of nitrogens with two attached hydrogens (primary N) is 1. The molecule has 0 fully saturated rings. The number of amides is 1. The lowest BCUT2D eigenvalue weighted by Crippen LogP contribution is -2.32. The van der Waals surface area contributed by atoms with Gasteiger partial charge in [0.2, 0.25) is 5.91 Å². The van der Waals surface area contributed by atoms with Crippen LogP contribution in [0.2, 0.25) is 0 Å². The van der Waals surface area contributed by atoms with Gasteiger partial charge in [-0.15, -0.1) is 12.4 Å². The highest BCUT2D eigenvalue weighted by Gasteiger charge is 2.06. The van der Waals surface area contributed by atoms with Crippen molar-refractivity contribution in [3.8, 4) is 0 Å². The van der Waals surface area contributed by atoms with Crippen LogP contribution in [0, 0.1) is 0 Å². The number of ether oxygens (including phenoxy) is 1. The van der Waals surface area contributed by atoms with Crippen molar-refractivity contribution in [1.82, 2.24) is 0 Å². The van der Waals surface area contributed by atoms with Crippen LogP contribution >= 0.6 is 12.4 Å². The van der Waals surface area contributed by atoms with E-state index < -0.39 is 6.04 Å². The highest BCUT2D eigenvalue weighted by atomic mass is 35.5. The summed E-state index contributed by atoms with van der Waals surface area (Å²) in [6.45, 7) is 6.23. The number of nitrogens with one attached hydrogen (secondary N) is 1. The standard InChI is InChI=1S/C13H20N2O2.ClH/c1-9(2)17-8-11-4-6-12(7-5-11)15-13(16)10(3)14;/h4-7,9-10H,8,14H2,1-3H3,(H,15,16);1H/t10-;/m0./s1. The van der Waals surface area contributed by atoms with Crippen LogP contribution in [0.5, 0.6) is 0 Å². The molecule has 0 aromatic heterocycles. The molecule has 0 bridgehead atoms. The fraction of sp³-hybridized carbons (Fsp3) is 0.462. The van der Waals surface area contributed by atoms with Gasteiger partial charge < -0.3 is 15.8 Å². The molecule has 5 heteroatoms. The highest BCUT2D eigenvalue weighted by molar-refractivity contribution is 5.94. The van der Waals surface area contributed by atoms with Crippen LogP contribution in [0.15, 0.2) is 24.3 Å². The van der Waals surface area contributed by atoms with Crippen molar-refractivity contribution in [3.63, 3.8) is 0 Å². The molecule has 0 aliphatic rings. The second-order valence-electron chi connectivity index (χ2n) is 4.33. The first-order chi connectivity index (χ1) is 7.99. The molecule has 0 heterocycles. The SMILES string of the molecule is CC(C)OCc1ccc(NC(=O)[C@H](C)N)cc1.Cl. The fourth-order valence-corrected chi connectivity index (χ4v) is 1.20. The predicted molar refractivity (Wildman–Crippen MR) is 75.9 cm³/mol. The van der Waals surface area contributed by atoms with E-state index in [1.807, 2.05) is 38.1 Å². The molecule has 1 amide bonds. The maximum atomic E-state index is 11.4. The molecular weight excluding hydrogens is 252 g/mol. The molecule has 0 aliphatic heterocycles. The number of carbonyl (C=O) groups excluding carboxylic acids is 1. The van der Waals surface area contributed by atoms with Crippen molar-refractivity contribution < 1.29 is 9.53 Å². The number of carbonyl (C=O) groups is 1. The van der Waals surface area contributed by atoms with Gasteiger partial charge in [-0.05, 0) is 38.5 Å². The van der Waals surface area contributed by atoms with Crippen molar-refractivity contribution in [2.45, 2.75) is 39.5 Å². The third-order valence-corrected chi connectivity index (χ3v) is 2.22. The van der Waals surface area contributed by atoms with Gasteiger partial charge in [0.1, 0.15) is 0 Å². The van der Waals surface area contributed by atoms with Gasteiger partial charge in [-0.25, -0.2) is 0 Å². The first-order valence-electron chi connectivity index (χ1n) is 5.76. The van der Waals surface area contributed by atoms with Crippen molar-refractivity contribution >= 4 is 24.0 Å². The molecule has 4 nitrogen and oxygen atoms in total. The van der Waals surface area contributed by atoms with E-state index >= 15 is 0 Å². The molecule has 0 spiro atoms. The molecule has 0 aliphatic carbocycles. The Morgan fingerprint density at radius 2 is 1.83 bits per heavy atom. The molecule has 1 aromatic rings. The van der Waals surface area contributed by atoms with Gasteiger partial charge in [0.15, 0.2) is 0 Å². The van der Waals surface area contributed by atoms with Crippen LogP contribution in [0.3, 0.4) is 0 Å². The summed E-state index contributed by atoms with van der Waals surface area (Å²) in [7, 11) is 0. The minimum atomic E-state index is -0.501. The summed E-state index contributed by atoms with van der Waals surface area (Å²) in [5.74, 6) is -0.184.